The molecule has 0 aliphatic heterocycles. The summed E-state index contributed by atoms with van der Waals surface area (Å²) < 4.78 is 24.9. The molecule has 0 saturated heterocycles. The SMILES string of the molecule is CCCOCC(C)(N)c1noc(-c2cccc(Br)c2F)n1. The summed E-state index contributed by atoms with van der Waals surface area (Å²) in [5, 5.41) is 3.84. The average molecular weight is 358 g/mol. The molecule has 0 radical (unpaired) electrons. The maximum absolute atomic E-state index is 14.0. The molecule has 5 nitrogen and oxygen atoms in total. The topological polar surface area (TPSA) is 74.2 Å². The lowest BCUT2D eigenvalue weighted by Gasteiger charge is -2.19. The molecule has 114 valence electrons. The van der Waals surface area contributed by atoms with E-state index in [-0.39, 0.29) is 23.9 Å². The third kappa shape index (κ3) is 3.66. The van der Waals surface area contributed by atoms with Crippen LogP contribution in [0.1, 0.15) is 26.1 Å². The Kier molecular flexibility index (Phi) is 5.08. The molecular formula is C14H17BrFN3O2. The molecule has 1 heterocycles. The second-order valence-corrected chi connectivity index (χ2v) is 5.85. The molecule has 2 aromatic rings. The highest BCUT2D eigenvalue weighted by Crippen LogP contribution is 2.27. The Morgan fingerprint density at radius 3 is 2.95 bits per heavy atom. The van der Waals surface area contributed by atoms with Gasteiger partial charge in [-0.15, -0.1) is 0 Å². The van der Waals surface area contributed by atoms with E-state index in [4.69, 9.17) is 15.0 Å². The highest BCUT2D eigenvalue weighted by molar-refractivity contribution is 9.10. The van der Waals surface area contributed by atoms with Gasteiger partial charge in [0.2, 0.25) is 0 Å². The van der Waals surface area contributed by atoms with Crippen molar-refractivity contribution in [3.8, 4) is 11.5 Å². The van der Waals surface area contributed by atoms with Gasteiger partial charge in [0.25, 0.3) is 5.89 Å². The van der Waals surface area contributed by atoms with Crippen molar-refractivity contribution >= 4 is 15.9 Å². The summed E-state index contributed by atoms with van der Waals surface area (Å²) in [4.78, 5) is 4.19. The van der Waals surface area contributed by atoms with Crippen LogP contribution < -0.4 is 5.73 Å². The molecular weight excluding hydrogens is 341 g/mol. The monoisotopic (exact) mass is 357 g/mol. The second kappa shape index (κ2) is 6.64. The minimum atomic E-state index is -0.889. The molecule has 1 aromatic heterocycles. The van der Waals surface area contributed by atoms with Gasteiger partial charge in [-0.25, -0.2) is 4.39 Å². The summed E-state index contributed by atoms with van der Waals surface area (Å²) in [6.45, 7) is 4.63. The zero-order valence-electron chi connectivity index (χ0n) is 11.9. The lowest BCUT2D eigenvalue weighted by Crippen LogP contribution is -2.39. The Balaban J connectivity index is 2.23. The van der Waals surface area contributed by atoms with Crippen molar-refractivity contribution < 1.29 is 13.7 Å². The number of nitrogens with two attached hydrogens (primary N) is 1. The Morgan fingerprint density at radius 1 is 1.48 bits per heavy atom. The minimum Gasteiger partial charge on any atom is -0.379 e. The first-order chi connectivity index (χ1) is 9.95. The molecule has 2 rings (SSSR count). The first kappa shape index (κ1) is 16.1. The van der Waals surface area contributed by atoms with Crippen molar-refractivity contribution in [2.75, 3.05) is 13.2 Å². The van der Waals surface area contributed by atoms with Crippen molar-refractivity contribution in [1.29, 1.82) is 0 Å². The molecule has 0 saturated carbocycles. The van der Waals surface area contributed by atoms with E-state index >= 15 is 0 Å². The van der Waals surface area contributed by atoms with E-state index in [0.29, 0.717) is 11.1 Å². The fraction of sp³-hybridized carbons (Fsp3) is 0.429. The van der Waals surface area contributed by atoms with E-state index in [0.717, 1.165) is 6.42 Å². The highest BCUT2D eigenvalue weighted by atomic mass is 79.9. The Bertz CT molecular complexity index is 616. The predicted octanol–water partition coefficient (Wildman–Crippen LogP) is 3.24. The van der Waals surface area contributed by atoms with Gasteiger partial charge >= 0.3 is 0 Å². The summed E-state index contributed by atoms with van der Waals surface area (Å²) in [5.74, 6) is -0.0717. The Labute approximate surface area is 130 Å². The average Bonchev–Trinajstić information content (AvgIpc) is 2.92. The second-order valence-electron chi connectivity index (χ2n) is 4.99. The molecule has 0 fully saturated rings. The molecule has 2 N–H and O–H groups in total. The Morgan fingerprint density at radius 2 is 2.24 bits per heavy atom. The standard InChI is InChI=1S/C14H17BrFN3O2/c1-3-7-20-8-14(2,17)13-18-12(21-19-13)9-5-4-6-10(15)11(9)16/h4-6H,3,7-8,17H2,1-2H3. The van der Waals surface area contributed by atoms with Crippen LogP contribution in [0.25, 0.3) is 11.5 Å². The molecule has 0 amide bonds. The largest absolute Gasteiger partial charge is 0.379 e. The van der Waals surface area contributed by atoms with E-state index in [9.17, 15) is 4.39 Å². The van der Waals surface area contributed by atoms with E-state index in [2.05, 4.69) is 26.1 Å². The van der Waals surface area contributed by atoms with Gasteiger partial charge in [-0.2, -0.15) is 4.98 Å². The predicted molar refractivity (Wildman–Crippen MR) is 80.0 cm³/mol. The van der Waals surface area contributed by atoms with Gasteiger partial charge in [0.1, 0.15) is 11.4 Å². The van der Waals surface area contributed by atoms with Crippen molar-refractivity contribution in [2.24, 2.45) is 5.73 Å². The number of hydrogen-bond donors (Lipinski definition) is 1. The third-order valence-electron chi connectivity index (χ3n) is 2.87. The quantitative estimate of drug-likeness (QED) is 0.803. The van der Waals surface area contributed by atoms with E-state index in [1.807, 2.05) is 6.92 Å². The van der Waals surface area contributed by atoms with Crippen molar-refractivity contribution in [3.05, 3.63) is 34.3 Å². The molecule has 7 heteroatoms. The van der Waals surface area contributed by atoms with Gasteiger partial charge in [0, 0.05) is 6.61 Å². The zero-order valence-corrected chi connectivity index (χ0v) is 13.5. The van der Waals surface area contributed by atoms with Crippen LogP contribution in [0, 0.1) is 5.82 Å². The first-order valence-electron chi connectivity index (χ1n) is 6.61. The maximum atomic E-state index is 14.0. The number of ether oxygens (including phenoxy) is 1. The molecule has 1 unspecified atom stereocenters. The molecule has 0 aliphatic rings. The van der Waals surface area contributed by atoms with Crippen LogP contribution in [-0.2, 0) is 10.3 Å². The van der Waals surface area contributed by atoms with Gasteiger partial charge in [-0.3, -0.25) is 0 Å². The van der Waals surface area contributed by atoms with Crippen molar-refractivity contribution in [2.45, 2.75) is 25.8 Å². The fourth-order valence-electron chi connectivity index (χ4n) is 1.73. The molecule has 1 atom stereocenters. The summed E-state index contributed by atoms with van der Waals surface area (Å²) in [6.07, 6.45) is 0.900. The van der Waals surface area contributed by atoms with Crippen molar-refractivity contribution in [3.63, 3.8) is 0 Å². The van der Waals surface area contributed by atoms with Crippen LogP contribution in [0.2, 0.25) is 0 Å². The summed E-state index contributed by atoms with van der Waals surface area (Å²) >= 11 is 3.12. The lowest BCUT2D eigenvalue weighted by atomic mass is 10.1. The minimum absolute atomic E-state index is 0.0935. The van der Waals surface area contributed by atoms with Crippen LogP contribution >= 0.6 is 15.9 Å². The van der Waals surface area contributed by atoms with E-state index in [1.165, 1.54) is 0 Å². The van der Waals surface area contributed by atoms with Gasteiger partial charge < -0.3 is 15.0 Å². The van der Waals surface area contributed by atoms with Crippen LogP contribution in [0.3, 0.4) is 0 Å². The van der Waals surface area contributed by atoms with Gasteiger partial charge in [0.15, 0.2) is 5.82 Å². The fourth-order valence-corrected chi connectivity index (χ4v) is 2.09. The number of halogens is 2. The third-order valence-corrected chi connectivity index (χ3v) is 3.48. The first-order valence-corrected chi connectivity index (χ1v) is 7.40. The molecule has 21 heavy (non-hydrogen) atoms. The number of benzene rings is 1. The number of nitrogens with zero attached hydrogens (tertiary/aromatic N) is 2. The zero-order chi connectivity index (χ0) is 15.5. The summed E-state index contributed by atoms with van der Waals surface area (Å²) in [7, 11) is 0. The number of hydrogen-bond acceptors (Lipinski definition) is 5. The van der Waals surface area contributed by atoms with Crippen molar-refractivity contribution in [1.82, 2.24) is 10.1 Å². The van der Waals surface area contributed by atoms with Crippen LogP contribution in [0.5, 0.6) is 0 Å². The maximum Gasteiger partial charge on any atom is 0.261 e. The lowest BCUT2D eigenvalue weighted by molar-refractivity contribution is 0.0867. The van der Waals surface area contributed by atoms with Crippen LogP contribution in [0.4, 0.5) is 4.39 Å². The normalized spacial score (nSPS) is 14.1. The summed E-state index contributed by atoms with van der Waals surface area (Å²) in [6, 6.07) is 4.86. The Hall–Kier alpha value is -1.31. The number of rotatable bonds is 6. The van der Waals surface area contributed by atoms with Gasteiger partial charge in [-0.1, -0.05) is 18.1 Å². The van der Waals surface area contributed by atoms with Crippen LogP contribution in [-0.4, -0.2) is 23.4 Å². The molecule has 0 spiro atoms. The van der Waals surface area contributed by atoms with E-state index in [1.54, 1.807) is 25.1 Å². The summed E-state index contributed by atoms with van der Waals surface area (Å²) in [5.41, 5.74) is 5.47. The molecule has 0 bridgehead atoms. The number of aromatic nitrogens is 2. The molecule has 1 aromatic carbocycles. The van der Waals surface area contributed by atoms with E-state index < -0.39 is 11.4 Å². The van der Waals surface area contributed by atoms with Gasteiger partial charge in [0.05, 0.1) is 16.6 Å². The van der Waals surface area contributed by atoms with Gasteiger partial charge in [-0.05, 0) is 41.4 Å². The molecule has 0 aliphatic carbocycles. The van der Waals surface area contributed by atoms with Crippen LogP contribution in [0.15, 0.2) is 27.2 Å². The highest BCUT2D eigenvalue weighted by Gasteiger charge is 2.28. The smallest absolute Gasteiger partial charge is 0.261 e.